The number of aryl methyl sites for hydroxylation is 1. The number of rotatable bonds is 4. The fourth-order valence-electron chi connectivity index (χ4n) is 2.23. The Labute approximate surface area is 156 Å². The van der Waals surface area contributed by atoms with Gasteiger partial charge in [0.2, 0.25) is 11.8 Å². The molecule has 0 spiro atoms. The first kappa shape index (κ1) is 19.3. The third-order valence-corrected chi connectivity index (χ3v) is 3.70. The van der Waals surface area contributed by atoms with Gasteiger partial charge in [-0.15, -0.1) is 0 Å². The Kier molecular flexibility index (Phi) is 4.99. The number of halogens is 4. The van der Waals surface area contributed by atoms with Crippen molar-refractivity contribution in [3.8, 4) is 11.8 Å². The van der Waals surface area contributed by atoms with Gasteiger partial charge >= 0.3 is 6.18 Å². The molecule has 0 saturated heterocycles. The van der Waals surface area contributed by atoms with Crippen molar-refractivity contribution < 1.29 is 27.1 Å². The fourth-order valence-corrected chi connectivity index (χ4v) is 2.23. The highest BCUT2D eigenvalue weighted by Gasteiger charge is 2.35. The molecule has 146 valence electrons. The average Bonchev–Trinajstić information content (AvgIpc) is 3.00. The van der Waals surface area contributed by atoms with E-state index in [-0.39, 0.29) is 28.7 Å². The summed E-state index contributed by atoms with van der Waals surface area (Å²) in [5, 5.41) is 5.80. The third-order valence-electron chi connectivity index (χ3n) is 3.70. The number of anilines is 1. The van der Waals surface area contributed by atoms with Crippen LogP contribution in [0, 0.1) is 12.7 Å². The van der Waals surface area contributed by atoms with Crippen LogP contribution in [0.5, 0.6) is 11.8 Å². The molecule has 0 fully saturated rings. The van der Waals surface area contributed by atoms with Crippen molar-refractivity contribution in [2.45, 2.75) is 13.1 Å². The molecule has 0 aliphatic rings. The van der Waals surface area contributed by atoms with Gasteiger partial charge in [-0.05, 0) is 19.1 Å². The molecule has 2 heterocycles. The van der Waals surface area contributed by atoms with Gasteiger partial charge in [0.1, 0.15) is 5.82 Å². The zero-order valence-corrected chi connectivity index (χ0v) is 14.6. The molecular formula is C17H13F4N5O2. The molecule has 28 heavy (non-hydrogen) atoms. The predicted octanol–water partition coefficient (Wildman–Crippen LogP) is 3.72. The molecule has 2 aromatic heterocycles. The number of nitrogens with zero attached hydrogens (tertiary/aromatic N) is 4. The summed E-state index contributed by atoms with van der Waals surface area (Å²) in [5.41, 5.74) is -0.807. The van der Waals surface area contributed by atoms with Gasteiger partial charge in [0.15, 0.2) is 11.4 Å². The minimum Gasteiger partial charge on any atom is -0.419 e. The molecule has 11 heteroatoms. The van der Waals surface area contributed by atoms with Crippen LogP contribution in [0.3, 0.4) is 0 Å². The molecule has 7 nitrogen and oxygen atoms in total. The molecule has 0 saturated carbocycles. The second-order valence-electron chi connectivity index (χ2n) is 5.70. The molecule has 0 aliphatic heterocycles. The van der Waals surface area contributed by atoms with Gasteiger partial charge in [-0.25, -0.2) is 14.1 Å². The Balaban J connectivity index is 1.80. The summed E-state index contributed by atoms with van der Waals surface area (Å²) in [6, 6.07) is 4.90. The molecule has 3 aromatic rings. The molecule has 1 amide bonds. The second-order valence-corrected chi connectivity index (χ2v) is 5.70. The van der Waals surface area contributed by atoms with E-state index in [4.69, 9.17) is 4.74 Å². The second kappa shape index (κ2) is 7.25. The first-order chi connectivity index (χ1) is 13.1. The smallest absolute Gasteiger partial charge is 0.419 e. The van der Waals surface area contributed by atoms with Crippen molar-refractivity contribution >= 4 is 11.6 Å². The van der Waals surface area contributed by atoms with E-state index in [2.05, 4.69) is 20.4 Å². The summed E-state index contributed by atoms with van der Waals surface area (Å²) < 4.78 is 57.9. The minimum absolute atomic E-state index is 0.167. The Morgan fingerprint density at radius 2 is 2.00 bits per heavy atom. The standard InChI is InChI=1S/C17H13F4N5O2/c1-9-10(18)4-3-5-11(9)24-16(27)12-7-22-8-14(23-12)28-15-6-13(17(19,20)21)25-26(15)2/h3-8H,1-2H3,(H,24,27). The van der Waals surface area contributed by atoms with Gasteiger partial charge in [-0.1, -0.05) is 6.07 Å². The lowest BCUT2D eigenvalue weighted by molar-refractivity contribution is -0.141. The number of nitrogens with one attached hydrogen (secondary N) is 1. The molecule has 0 atom stereocenters. The van der Waals surface area contributed by atoms with Gasteiger partial charge in [-0.2, -0.15) is 18.3 Å². The Morgan fingerprint density at radius 1 is 1.25 bits per heavy atom. The van der Waals surface area contributed by atoms with Crippen LogP contribution >= 0.6 is 0 Å². The van der Waals surface area contributed by atoms with Crippen LogP contribution in [0.15, 0.2) is 36.7 Å². The summed E-state index contributed by atoms with van der Waals surface area (Å²) in [4.78, 5) is 20.0. The van der Waals surface area contributed by atoms with E-state index in [9.17, 15) is 22.4 Å². The highest BCUT2D eigenvalue weighted by molar-refractivity contribution is 6.03. The van der Waals surface area contributed by atoms with Gasteiger partial charge in [0.05, 0.1) is 12.4 Å². The topological polar surface area (TPSA) is 81.9 Å². The first-order valence-corrected chi connectivity index (χ1v) is 7.83. The van der Waals surface area contributed by atoms with E-state index in [1.54, 1.807) is 0 Å². The molecule has 1 aromatic carbocycles. The Morgan fingerprint density at radius 3 is 2.68 bits per heavy atom. The molecular weight excluding hydrogens is 382 g/mol. The van der Waals surface area contributed by atoms with E-state index in [1.165, 1.54) is 32.2 Å². The van der Waals surface area contributed by atoms with Crippen LogP contribution in [-0.2, 0) is 13.2 Å². The van der Waals surface area contributed by atoms with Crippen molar-refractivity contribution in [1.29, 1.82) is 0 Å². The van der Waals surface area contributed by atoms with E-state index in [0.717, 1.165) is 17.1 Å². The molecule has 0 bridgehead atoms. The van der Waals surface area contributed by atoms with Gasteiger partial charge in [0, 0.05) is 24.4 Å². The number of aromatic nitrogens is 4. The monoisotopic (exact) mass is 395 g/mol. The maximum absolute atomic E-state index is 13.6. The lowest BCUT2D eigenvalue weighted by Crippen LogP contribution is -2.15. The average molecular weight is 395 g/mol. The van der Waals surface area contributed by atoms with E-state index in [1.807, 2.05) is 0 Å². The zero-order valence-electron chi connectivity index (χ0n) is 14.6. The molecule has 0 unspecified atom stereocenters. The Bertz CT molecular complexity index is 1030. The van der Waals surface area contributed by atoms with Crippen LogP contribution in [0.1, 0.15) is 21.7 Å². The van der Waals surface area contributed by atoms with E-state index >= 15 is 0 Å². The normalized spacial score (nSPS) is 11.4. The van der Waals surface area contributed by atoms with Crippen LogP contribution in [0.2, 0.25) is 0 Å². The zero-order chi connectivity index (χ0) is 20.5. The number of benzene rings is 1. The number of carbonyl (C=O) groups is 1. The number of alkyl halides is 3. The number of carbonyl (C=O) groups excluding carboxylic acids is 1. The van der Waals surface area contributed by atoms with Gasteiger partial charge in [-0.3, -0.25) is 9.78 Å². The number of amides is 1. The number of hydrogen-bond acceptors (Lipinski definition) is 5. The van der Waals surface area contributed by atoms with Crippen molar-refractivity contribution in [3.05, 3.63) is 59.4 Å². The molecule has 3 rings (SSSR count). The van der Waals surface area contributed by atoms with Crippen LogP contribution in [0.4, 0.5) is 23.2 Å². The fraction of sp³-hybridized carbons (Fsp3) is 0.176. The maximum Gasteiger partial charge on any atom is 0.435 e. The SMILES string of the molecule is Cc1c(F)cccc1NC(=O)c1cncc(Oc2cc(C(F)(F)F)nn2C)n1. The first-order valence-electron chi connectivity index (χ1n) is 7.83. The summed E-state index contributed by atoms with van der Waals surface area (Å²) in [6.07, 6.45) is -2.36. The maximum atomic E-state index is 13.6. The summed E-state index contributed by atoms with van der Waals surface area (Å²) in [5.74, 6) is -1.62. The van der Waals surface area contributed by atoms with Crippen molar-refractivity contribution in [2.24, 2.45) is 7.05 Å². The van der Waals surface area contributed by atoms with Gasteiger partial charge in [0.25, 0.3) is 5.91 Å². The van der Waals surface area contributed by atoms with Crippen molar-refractivity contribution in [2.75, 3.05) is 5.32 Å². The Hall–Kier alpha value is -3.50. The largest absolute Gasteiger partial charge is 0.435 e. The number of ether oxygens (including phenoxy) is 1. The highest BCUT2D eigenvalue weighted by atomic mass is 19.4. The number of hydrogen-bond donors (Lipinski definition) is 1. The van der Waals surface area contributed by atoms with Crippen LogP contribution in [0.25, 0.3) is 0 Å². The lowest BCUT2D eigenvalue weighted by atomic mass is 10.2. The predicted molar refractivity (Wildman–Crippen MR) is 89.4 cm³/mol. The van der Waals surface area contributed by atoms with Gasteiger partial charge < -0.3 is 10.1 Å². The minimum atomic E-state index is -4.63. The van der Waals surface area contributed by atoms with E-state index < -0.39 is 23.6 Å². The van der Waals surface area contributed by atoms with Crippen LogP contribution < -0.4 is 10.1 Å². The van der Waals surface area contributed by atoms with Crippen molar-refractivity contribution in [1.82, 2.24) is 19.7 Å². The summed E-state index contributed by atoms with van der Waals surface area (Å²) in [6.45, 7) is 1.50. The quantitative estimate of drug-likeness (QED) is 0.681. The molecule has 1 N–H and O–H groups in total. The third kappa shape index (κ3) is 4.08. The summed E-state index contributed by atoms with van der Waals surface area (Å²) >= 11 is 0. The molecule has 0 radical (unpaired) electrons. The van der Waals surface area contributed by atoms with Crippen molar-refractivity contribution in [3.63, 3.8) is 0 Å². The highest BCUT2D eigenvalue weighted by Crippen LogP contribution is 2.31. The van der Waals surface area contributed by atoms with Crippen LogP contribution in [-0.4, -0.2) is 25.7 Å². The van der Waals surface area contributed by atoms with E-state index in [0.29, 0.717) is 6.07 Å². The lowest BCUT2D eigenvalue weighted by Gasteiger charge is -2.09. The molecule has 0 aliphatic carbocycles. The summed E-state index contributed by atoms with van der Waals surface area (Å²) in [7, 11) is 1.27.